The lowest BCUT2D eigenvalue weighted by Gasteiger charge is -2.60. The summed E-state index contributed by atoms with van der Waals surface area (Å²) in [5.74, 6) is 1.56. The molecule has 7 heteroatoms. The molecule has 6 fully saturated rings. The molecule has 6 aliphatic rings. The molecule has 8 atom stereocenters. The van der Waals surface area contributed by atoms with Gasteiger partial charge in [-0.25, -0.2) is 0 Å². The van der Waals surface area contributed by atoms with Crippen molar-refractivity contribution in [1.82, 2.24) is 0 Å². The van der Waals surface area contributed by atoms with Crippen LogP contribution in [0, 0.1) is 46.3 Å². The van der Waals surface area contributed by atoms with Crippen molar-refractivity contribution in [1.29, 1.82) is 0 Å². The Kier molecular flexibility index (Phi) is 9.17. The zero-order valence-corrected chi connectivity index (χ0v) is 25.8. The Morgan fingerprint density at radius 3 is 2.02 bits per heavy atom. The highest BCUT2D eigenvalue weighted by atomic mass is 16.3. The molecule has 6 aliphatic carbocycles. The summed E-state index contributed by atoms with van der Waals surface area (Å²) < 4.78 is 0. The molecule has 41 heavy (non-hydrogen) atoms. The minimum absolute atomic E-state index is 0.0154. The third kappa shape index (κ3) is 5.38. The van der Waals surface area contributed by atoms with Crippen LogP contribution in [0.3, 0.4) is 0 Å². The smallest absolute Gasteiger partial charge is 0.190 e. The fraction of sp³-hybridized carbons (Fsp3) is 0.941. The first kappa shape index (κ1) is 31.6. The maximum absolute atomic E-state index is 13.4. The summed E-state index contributed by atoms with van der Waals surface area (Å²) in [4.78, 5) is 25.7. The van der Waals surface area contributed by atoms with Gasteiger partial charge in [-0.2, -0.15) is 0 Å². The Balaban J connectivity index is 0.000000191. The van der Waals surface area contributed by atoms with Crippen LogP contribution in [-0.4, -0.2) is 50.9 Å². The Hall–Kier alpha value is -0.860. The minimum atomic E-state index is -1.58. The van der Waals surface area contributed by atoms with Crippen molar-refractivity contribution in [2.45, 2.75) is 147 Å². The second-order valence-corrected chi connectivity index (χ2v) is 15.7. The summed E-state index contributed by atoms with van der Waals surface area (Å²) in [5, 5.41) is 30.6. The first-order chi connectivity index (χ1) is 19.4. The molecule has 0 amide bonds. The van der Waals surface area contributed by atoms with Crippen molar-refractivity contribution in [2.75, 3.05) is 6.61 Å². The van der Waals surface area contributed by atoms with E-state index >= 15 is 0 Å². The molecule has 6 saturated carbocycles. The standard InChI is InChI=1S/C21H32O5.C13H26N2/c1-19-7-5-13(23)9-12(19)3-4-14-15-6-8-21(26,17(25)11-22)20(15,2)10-16(24)18(14)19;14-13(15,11-7-3-1-4-8-11)12-9-5-2-6-10-12/h12-15,18,22-23,26H,3-11H2,1-2H3;11-12H,1-10,14-15H2/t12-,13-,14+,15+,18-,19+,20+,21+;/m1./s1. The molecule has 7 nitrogen and oxygen atoms in total. The highest BCUT2D eigenvalue weighted by Crippen LogP contribution is 2.67. The summed E-state index contributed by atoms with van der Waals surface area (Å²) in [6.45, 7) is 3.46. The molecular weight excluding hydrogens is 516 g/mol. The Labute approximate surface area is 247 Å². The zero-order valence-electron chi connectivity index (χ0n) is 25.8. The van der Waals surface area contributed by atoms with Gasteiger partial charge in [0.25, 0.3) is 0 Å². The lowest BCUT2D eigenvalue weighted by molar-refractivity contribution is -0.180. The molecule has 0 aromatic heterocycles. The molecular formula is C34H58N2O5. The van der Waals surface area contributed by atoms with Gasteiger partial charge in [-0.05, 0) is 106 Å². The van der Waals surface area contributed by atoms with Crippen LogP contribution in [-0.2, 0) is 9.59 Å². The van der Waals surface area contributed by atoms with Crippen molar-refractivity contribution >= 4 is 11.6 Å². The molecule has 0 spiro atoms. The molecule has 0 unspecified atom stereocenters. The maximum atomic E-state index is 13.4. The number of hydrogen-bond acceptors (Lipinski definition) is 7. The van der Waals surface area contributed by atoms with E-state index in [1.807, 2.05) is 6.92 Å². The fourth-order valence-corrected chi connectivity index (χ4v) is 11.2. The fourth-order valence-electron chi connectivity index (χ4n) is 11.2. The number of rotatable bonds is 4. The predicted octanol–water partition coefficient (Wildman–Crippen LogP) is 4.62. The third-order valence-electron chi connectivity index (χ3n) is 13.7. The molecule has 0 aliphatic heterocycles. The molecule has 0 radical (unpaired) electrons. The van der Waals surface area contributed by atoms with Gasteiger partial charge in [-0.1, -0.05) is 52.4 Å². The number of ketones is 2. The first-order valence-corrected chi connectivity index (χ1v) is 17.0. The molecule has 0 aromatic carbocycles. The first-order valence-electron chi connectivity index (χ1n) is 17.0. The normalized spacial score (nSPS) is 43.8. The van der Waals surface area contributed by atoms with E-state index in [9.17, 15) is 24.9 Å². The quantitative estimate of drug-likeness (QED) is 0.308. The van der Waals surface area contributed by atoms with E-state index in [4.69, 9.17) is 11.5 Å². The Morgan fingerprint density at radius 1 is 0.878 bits per heavy atom. The second kappa shape index (κ2) is 11.9. The van der Waals surface area contributed by atoms with Crippen LogP contribution in [0.1, 0.15) is 129 Å². The van der Waals surface area contributed by atoms with Crippen LogP contribution in [0.2, 0.25) is 0 Å². The third-order valence-corrected chi connectivity index (χ3v) is 13.7. The van der Waals surface area contributed by atoms with E-state index in [0.717, 1.165) is 38.5 Å². The van der Waals surface area contributed by atoms with E-state index < -0.39 is 23.4 Å². The van der Waals surface area contributed by atoms with Gasteiger partial charge in [0.05, 0.1) is 11.8 Å². The Morgan fingerprint density at radius 2 is 1.46 bits per heavy atom. The average molecular weight is 575 g/mol. The number of nitrogens with two attached hydrogens (primary N) is 2. The largest absolute Gasteiger partial charge is 0.393 e. The van der Waals surface area contributed by atoms with Gasteiger partial charge in [0, 0.05) is 17.8 Å². The van der Waals surface area contributed by atoms with Gasteiger partial charge in [-0.3, -0.25) is 9.59 Å². The summed E-state index contributed by atoms with van der Waals surface area (Å²) in [6.07, 6.45) is 18.7. The van der Waals surface area contributed by atoms with E-state index in [1.54, 1.807) is 0 Å². The molecule has 0 aromatic rings. The van der Waals surface area contributed by atoms with Crippen molar-refractivity contribution in [2.24, 2.45) is 57.8 Å². The maximum Gasteiger partial charge on any atom is 0.190 e. The van der Waals surface area contributed by atoms with E-state index in [-0.39, 0.29) is 47.1 Å². The number of Topliss-reactive ketones (excluding diaryl/α,β-unsaturated/α-hetero) is 2. The summed E-state index contributed by atoms with van der Waals surface area (Å²) in [5.41, 5.74) is 10.1. The van der Waals surface area contributed by atoms with Crippen molar-refractivity contribution in [3.8, 4) is 0 Å². The van der Waals surface area contributed by atoms with Crippen molar-refractivity contribution < 1.29 is 24.9 Å². The van der Waals surface area contributed by atoms with Crippen LogP contribution in [0.15, 0.2) is 0 Å². The van der Waals surface area contributed by atoms with Crippen LogP contribution >= 0.6 is 0 Å². The average Bonchev–Trinajstić information content (AvgIpc) is 3.24. The summed E-state index contributed by atoms with van der Waals surface area (Å²) in [6, 6.07) is 0. The second-order valence-electron chi connectivity index (χ2n) is 15.7. The van der Waals surface area contributed by atoms with Crippen molar-refractivity contribution in [3.05, 3.63) is 0 Å². The summed E-state index contributed by atoms with van der Waals surface area (Å²) in [7, 11) is 0. The number of aliphatic hydroxyl groups is 3. The van der Waals surface area contributed by atoms with Crippen LogP contribution < -0.4 is 11.5 Å². The molecule has 7 N–H and O–H groups in total. The number of hydrogen-bond donors (Lipinski definition) is 5. The highest BCUT2D eigenvalue weighted by molar-refractivity contribution is 5.92. The minimum Gasteiger partial charge on any atom is -0.393 e. The molecule has 0 saturated heterocycles. The van der Waals surface area contributed by atoms with Gasteiger partial charge in [-0.15, -0.1) is 0 Å². The predicted molar refractivity (Wildman–Crippen MR) is 159 cm³/mol. The number of aliphatic hydroxyl groups excluding tert-OH is 2. The number of fused-ring (bicyclic) bond motifs is 5. The lowest BCUT2D eigenvalue weighted by atomic mass is 9.44. The van der Waals surface area contributed by atoms with Gasteiger partial charge in [0.1, 0.15) is 18.0 Å². The number of carbonyl (C=O) groups is 2. The van der Waals surface area contributed by atoms with Crippen molar-refractivity contribution in [3.63, 3.8) is 0 Å². The summed E-state index contributed by atoms with van der Waals surface area (Å²) >= 11 is 0. The van der Waals surface area contributed by atoms with E-state index in [1.165, 1.54) is 64.2 Å². The van der Waals surface area contributed by atoms with Crippen LogP contribution in [0.5, 0.6) is 0 Å². The van der Waals surface area contributed by atoms with Crippen LogP contribution in [0.4, 0.5) is 0 Å². The van der Waals surface area contributed by atoms with Gasteiger partial charge in [0.2, 0.25) is 0 Å². The van der Waals surface area contributed by atoms with Gasteiger partial charge in [0.15, 0.2) is 5.78 Å². The Bertz CT molecular complexity index is 939. The van der Waals surface area contributed by atoms with Gasteiger partial charge < -0.3 is 26.8 Å². The molecule has 0 heterocycles. The highest BCUT2D eigenvalue weighted by Gasteiger charge is 2.68. The lowest BCUT2D eigenvalue weighted by Crippen LogP contribution is -2.62. The topological polar surface area (TPSA) is 147 Å². The van der Waals surface area contributed by atoms with E-state index in [2.05, 4.69) is 6.92 Å². The van der Waals surface area contributed by atoms with E-state index in [0.29, 0.717) is 24.2 Å². The molecule has 6 rings (SSSR count). The zero-order chi connectivity index (χ0) is 29.6. The van der Waals surface area contributed by atoms with Crippen LogP contribution in [0.25, 0.3) is 0 Å². The molecule has 0 bridgehead atoms. The monoisotopic (exact) mass is 574 g/mol. The van der Waals surface area contributed by atoms with Gasteiger partial charge >= 0.3 is 0 Å². The SMILES string of the molecule is C[C@]12CC[C@@H](O)C[C@H]1CC[C@@H]1[C@@H]2C(=O)C[C@@]2(C)[C@H]1CC[C@]2(O)C(=O)CO.NC(N)(C1CCCCC1)C1CCCCC1. The molecule has 234 valence electrons. The number of carbonyl (C=O) groups excluding carboxylic acids is 2.